The third-order valence-electron chi connectivity index (χ3n) is 2.48. The van der Waals surface area contributed by atoms with E-state index in [0.717, 1.165) is 4.88 Å². The smallest absolute Gasteiger partial charge is 0.268 e. The number of nitrogens with two attached hydrogens (primary N) is 1. The van der Waals surface area contributed by atoms with Gasteiger partial charge in [0.1, 0.15) is 5.75 Å². The molecule has 0 radical (unpaired) electrons. The Balaban J connectivity index is 1.70. The third kappa shape index (κ3) is 2.58. The molecule has 3 rings (SSSR count). The number of thiophene rings is 1. The van der Waals surface area contributed by atoms with Gasteiger partial charge in [-0.1, -0.05) is 23.4 Å². The van der Waals surface area contributed by atoms with Gasteiger partial charge < -0.3 is 15.0 Å². The van der Waals surface area contributed by atoms with Gasteiger partial charge in [-0.15, -0.1) is 11.3 Å². The van der Waals surface area contributed by atoms with Crippen LogP contribution in [0.3, 0.4) is 0 Å². The molecule has 0 aliphatic rings. The van der Waals surface area contributed by atoms with Crippen molar-refractivity contribution >= 4 is 17.0 Å². The Morgan fingerprint density at radius 2 is 2.11 bits per heavy atom. The summed E-state index contributed by atoms with van der Waals surface area (Å²) in [5.41, 5.74) is 6.37. The minimum atomic E-state index is 0.225. The van der Waals surface area contributed by atoms with E-state index >= 15 is 0 Å². The number of hydrogen-bond acceptors (Lipinski definition) is 6. The van der Waals surface area contributed by atoms with Crippen LogP contribution in [0.25, 0.3) is 10.8 Å². The maximum atomic E-state index is 5.78. The quantitative estimate of drug-likeness (QED) is 0.740. The summed E-state index contributed by atoms with van der Waals surface area (Å²) < 4.78 is 10.7. The molecule has 1 aromatic carbocycles. The van der Waals surface area contributed by atoms with Gasteiger partial charge >= 0.3 is 0 Å². The number of hydrogen-bond donors (Lipinski definition) is 1. The van der Waals surface area contributed by atoms with Gasteiger partial charge in [0.15, 0.2) is 6.61 Å². The maximum Gasteiger partial charge on any atom is 0.268 e. The SMILES string of the molecule is Nc1ccccc1OCc1noc(-c2cccs2)n1. The number of nitrogen functional groups attached to an aromatic ring is 1. The Bertz CT molecular complexity index is 664. The van der Waals surface area contributed by atoms with Crippen LogP contribution >= 0.6 is 11.3 Å². The van der Waals surface area contributed by atoms with Gasteiger partial charge in [0.2, 0.25) is 5.82 Å². The fourth-order valence-corrected chi connectivity index (χ4v) is 2.21. The predicted octanol–water partition coefficient (Wildman–Crippen LogP) is 2.96. The molecule has 19 heavy (non-hydrogen) atoms. The molecular formula is C13H11N3O2S. The van der Waals surface area contributed by atoms with Gasteiger partial charge in [-0.2, -0.15) is 4.98 Å². The number of benzene rings is 1. The molecule has 3 aromatic rings. The minimum Gasteiger partial charge on any atom is -0.483 e. The van der Waals surface area contributed by atoms with Crippen LogP contribution in [0.5, 0.6) is 5.75 Å². The lowest BCUT2D eigenvalue weighted by atomic mass is 10.3. The first-order valence-electron chi connectivity index (χ1n) is 5.67. The monoisotopic (exact) mass is 273 g/mol. The van der Waals surface area contributed by atoms with Gasteiger partial charge in [-0.25, -0.2) is 0 Å². The maximum absolute atomic E-state index is 5.78. The number of para-hydroxylation sites is 2. The molecule has 2 aromatic heterocycles. The van der Waals surface area contributed by atoms with Crippen LogP contribution in [-0.4, -0.2) is 10.1 Å². The van der Waals surface area contributed by atoms with Crippen LogP contribution < -0.4 is 10.5 Å². The molecule has 96 valence electrons. The zero-order valence-electron chi connectivity index (χ0n) is 9.95. The lowest BCUT2D eigenvalue weighted by molar-refractivity contribution is 0.288. The summed E-state index contributed by atoms with van der Waals surface area (Å²) in [6, 6.07) is 11.2. The first-order valence-corrected chi connectivity index (χ1v) is 6.54. The molecule has 0 saturated carbocycles. The van der Waals surface area contributed by atoms with Crippen LogP contribution in [-0.2, 0) is 6.61 Å². The molecule has 0 saturated heterocycles. The highest BCUT2D eigenvalue weighted by Crippen LogP contribution is 2.24. The van der Waals surface area contributed by atoms with Crippen molar-refractivity contribution in [2.45, 2.75) is 6.61 Å². The fraction of sp³-hybridized carbons (Fsp3) is 0.0769. The van der Waals surface area contributed by atoms with E-state index in [-0.39, 0.29) is 6.61 Å². The molecular weight excluding hydrogens is 262 g/mol. The Hall–Kier alpha value is -2.34. The Kier molecular flexibility index (Phi) is 3.16. The average Bonchev–Trinajstić information content (AvgIpc) is 3.09. The minimum absolute atomic E-state index is 0.225. The molecule has 2 heterocycles. The largest absolute Gasteiger partial charge is 0.483 e. The van der Waals surface area contributed by atoms with Crippen molar-refractivity contribution < 1.29 is 9.26 Å². The summed E-state index contributed by atoms with van der Waals surface area (Å²) in [6.45, 7) is 0.225. The molecule has 2 N–H and O–H groups in total. The van der Waals surface area contributed by atoms with Crippen molar-refractivity contribution in [2.24, 2.45) is 0 Å². The molecule has 0 aliphatic heterocycles. The summed E-state index contributed by atoms with van der Waals surface area (Å²) >= 11 is 1.55. The second-order valence-corrected chi connectivity index (χ2v) is 4.77. The van der Waals surface area contributed by atoms with Crippen LogP contribution in [0, 0.1) is 0 Å². The molecule has 0 atom stereocenters. The molecule has 0 bridgehead atoms. The lowest BCUT2D eigenvalue weighted by Gasteiger charge is -2.05. The number of aromatic nitrogens is 2. The third-order valence-corrected chi connectivity index (χ3v) is 3.33. The van der Waals surface area contributed by atoms with E-state index in [1.807, 2.05) is 29.6 Å². The van der Waals surface area contributed by atoms with Gasteiger partial charge in [-0.3, -0.25) is 0 Å². The van der Waals surface area contributed by atoms with E-state index in [0.29, 0.717) is 23.2 Å². The normalized spacial score (nSPS) is 10.5. The first kappa shape index (κ1) is 11.7. The first-order chi connectivity index (χ1) is 9.33. The molecule has 5 nitrogen and oxygen atoms in total. The Morgan fingerprint density at radius 1 is 1.21 bits per heavy atom. The van der Waals surface area contributed by atoms with E-state index < -0.39 is 0 Å². The Morgan fingerprint density at radius 3 is 2.89 bits per heavy atom. The van der Waals surface area contributed by atoms with E-state index in [9.17, 15) is 0 Å². The number of anilines is 1. The van der Waals surface area contributed by atoms with Crippen LogP contribution in [0.4, 0.5) is 5.69 Å². The van der Waals surface area contributed by atoms with E-state index in [4.69, 9.17) is 15.0 Å². The number of nitrogens with zero attached hydrogens (tertiary/aromatic N) is 2. The van der Waals surface area contributed by atoms with Crippen molar-refractivity contribution in [1.29, 1.82) is 0 Å². The van der Waals surface area contributed by atoms with Crippen molar-refractivity contribution in [3.63, 3.8) is 0 Å². The average molecular weight is 273 g/mol. The molecule has 0 amide bonds. The van der Waals surface area contributed by atoms with Gasteiger partial charge in [0.25, 0.3) is 5.89 Å². The number of ether oxygens (including phenoxy) is 1. The van der Waals surface area contributed by atoms with E-state index in [2.05, 4.69) is 10.1 Å². The van der Waals surface area contributed by atoms with Gasteiger partial charge in [-0.05, 0) is 23.6 Å². The summed E-state index contributed by atoms with van der Waals surface area (Å²) in [6.07, 6.45) is 0. The highest BCUT2D eigenvalue weighted by Gasteiger charge is 2.10. The van der Waals surface area contributed by atoms with E-state index in [1.54, 1.807) is 23.5 Å². The summed E-state index contributed by atoms with van der Waals surface area (Å²) in [5, 5.41) is 5.83. The second-order valence-electron chi connectivity index (χ2n) is 3.82. The van der Waals surface area contributed by atoms with Crippen LogP contribution in [0.15, 0.2) is 46.3 Å². The predicted molar refractivity (Wildman–Crippen MR) is 72.8 cm³/mol. The standard InChI is InChI=1S/C13H11N3O2S/c14-9-4-1-2-5-10(9)17-8-12-15-13(18-16-12)11-6-3-7-19-11/h1-7H,8,14H2. The van der Waals surface area contributed by atoms with E-state index in [1.165, 1.54) is 0 Å². The van der Waals surface area contributed by atoms with Gasteiger partial charge in [0.05, 0.1) is 10.6 Å². The summed E-state index contributed by atoms with van der Waals surface area (Å²) in [7, 11) is 0. The lowest BCUT2D eigenvalue weighted by Crippen LogP contribution is -2.00. The zero-order chi connectivity index (χ0) is 13.1. The molecule has 0 spiro atoms. The van der Waals surface area contributed by atoms with Gasteiger partial charge in [0, 0.05) is 0 Å². The Labute approximate surface area is 113 Å². The second kappa shape index (κ2) is 5.11. The zero-order valence-corrected chi connectivity index (χ0v) is 10.8. The molecule has 0 fully saturated rings. The highest BCUT2D eigenvalue weighted by atomic mass is 32.1. The molecule has 0 aliphatic carbocycles. The molecule has 6 heteroatoms. The van der Waals surface area contributed by atoms with Crippen LogP contribution in [0.1, 0.15) is 5.82 Å². The topological polar surface area (TPSA) is 74.2 Å². The van der Waals surface area contributed by atoms with Crippen molar-refractivity contribution in [3.8, 4) is 16.5 Å². The summed E-state index contributed by atoms with van der Waals surface area (Å²) in [4.78, 5) is 5.21. The fourth-order valence-electron chi connectivity index (χ4n) is 1.57. The molecule has 0 unspecified atom stereocenters. The highest BCUT2D eigenvalue weighted by molar-refractivity contribution is 7.13. The van der Waals surface area contributed by atoms with Crippen molar-refractivity contribution in [2.75, 3.05) is 5.73 Å². The number of rotatable bonds is 4. The van der Waals surface area contributed by atoms with Crippen molar-refractivity contribution in [1.82, 2.24) is 10.1 Å². The van der Waals surface area contributed by atoms with Crippen LogP contribution in [0.2, 0.25) is 0 Å². The summed E-state index contributed by atoms with van der Waals surface area (Å²) in [5.74, 6) is 1.62. The van der Waals surface area contributed by atoms with Crippen molar-refractivity contribution in [3.05, 3.63) is 47.6 Å².